The van der Waals surface area contributed by atoms with Gasteiger partial charge in [-0.25, -0.2) is 0 Å². The van der Waals surface area contributed by atoms with E-state index in [-0.39, 0.29) is 45.2 Å². The quantitative estimate of drug-likeness (QED) is 0.415. The van der Waals surface area contributed by atoms with Crippen LogP contribution in [0.25, 0.3) is 0 Å². The smallest absolute Gasteiger partial charge is 0.0618 e. The van der Waals surface area contributed by atoms with E-state index in [1.807, 2.05) is 0 Å². The molecule has 3 N–H and O–H groups in total. The zero-order valence-electron chi connectivity index (χ0n) is 22.4. The van der Waals surface area contributed by atoms with Gasteiger partial charge in [-0.1, -0.05) is 60.1 Å². The van der Waals surface area contributed by atoms with Crippen LogP contribution in [0.1, 0.15) is 106 Å². The van der Waals surface area contributed by atoms with Gasteiger partial charge in [0.25, 0.3) is 0 Å². The Morgan fingerprint density at radius 2 is 1.48 bits per heavy atom. The predicted molar refractivity (Wildman–Crippen MR) is 134 cm³/mol. The van der Waals surface area contributed by atoms with Gasteiger partial charge in [0.05, 0.1) is 18.8 Å². The van der Waals surface area contributed by atoms with E-state index in [0.29, 0.717) is 17.8 Å². The van der Waals surface area contributed by atoms with Gasteiger partial charge in [-0.3, -0.25) is 0 Å². The van der Waals surface area contributed by atoms with Crippen LogP contribution < -0.4 is 0 Å². The third kappa shape index (κ3) is 2.91. The summed E-state index contributed by atoms with van der Waals surface area (Å²) in [6, 6.07) is 0. The van der Waals surface area contributed by atoms with Crippen LogP contribution in [0.4, 0.5) is 0 Å². The van der Waals surface area contributed by atoms with Crippen molar-refractivity contribution >= 4 is 0 Å². The molecule has 4 fully saturated rings. The predicted octanol–water partition coefficient (Wildman–Crippen LogP) is 6.11. The number of rotatable bonds is 1. The maximum absolute atomic E-state index is 11.3. The Kier molecular flexibility index (Phi) is 5.23. The first-order valence-corrected chi connectivity index (χ1v) is 13.9. The minimum atomic E-state index is -0.392. The minimum Gasteiger partial charge on any atom is -0.396 e. The van der Waals surface area contributed by atoms with Gasteiger partial charge in [-0.15, -0.1) is 0 Å². The first-order valence-electron chi connectivity index (χ1n) is 13.9. The molecular weight excluding hydrogens is 408 g/mol. The lowest BCUT2D eigenvalue weighted by molar-refractivity contribution is -0.218. The van der Waals surface area contributed by atoms with Crippen molar-refractivity contribution in [1.82, 2.24) is 0 Å². The highest BCUT2D eigenvalue weighted by Crippen LogP contribution is 2.75. The second-order valence-electron chi connectivity index (χ2n) is 15.2. The van der Waals surface area contributed by atoms with Gasteiger partial charge in [0.15, 0.2) is 0 Å². The molecule has 5 aliphatic rings. The average Bonchev–Trinajstić information content (AvgIpc) is 2.73. The van der Waals surface area contributed by atoms with E-state index in [1.165, 1.54) is 19.3 Å². The summed E-state index contributed by atoms with van der Waals surface area (Å²) in [5.74, 6) is 1.44. The van der Waals surface area contributed by atoms with E-state index in [1.54, 1.807) is 5.57 Å². The third-order valence-corrected chi connectivity index (χ3v) is 13.2. The maximum Gasteiger partial charge on any atom is 0.0618 e. The lowest BCUT2D eigenvalue weighted by atomic mass is 9.33. The summed E-state index contributed by atoms with van der Waals surface area (Å²) in [4.78, 5) is 0. The topological polar surface area (TPSA) is 60.7 Å². The fourth-order valence-corrected chi connectivity index (χ4v) is 10.7. The molecule has 10 atom stereocenters. The molecule has 3 heteroatoms. The molecule has 188 valence electrons. The molecule has 5 aliphatic carbocycles. The van der Waals surface area contributed by atoms with E-state index in [2.05, 4.69) is 54.5 Å². The van der Waals surface area contributed by atoms with Crippen molar-refractivity contribution in [3.8, 4) is 0 Å². The van der Waals surface area contributed by atoms with Gasteiger partial charge in [0.1, 0.15) is 0 Å². The highest BCUT2D eigenvalue weighted by molar-refractivity contribution is 5.34. The minimum absolute atomic E-state index is 0.00950. The zero-order chi connectivity index (χ0) is 24.2. The zero-order valence-corrected chi connectivity index (χ0v) is 22.4. The fourth-order valence-electron chi connectivity index (χ4n) is 10.7. The Morgan fingerprint density at radius 1 is 0.788 bits per heavy atom. The van der Waals surface area contributed by atoms with Crippen molar-refractivity contribution < 1.29 is 15.3 Å². The summed E-state index contributed by atoms with van der Waals surface area (Å²) < 4.78 is 0. The average molecular weight is 459 g/mol. The molecule has 0 aromatic heterocycles. The molecule has 33 heavy (non-hydrogen) atoms. The summed E-state index contributed by atoms with van der Waals surface area (Å²) in [5, 5.41) is 32.6. The van der Waals surface area contributed by atoms with E-state index in [9.17, 15) is 15.3 Å². The van der Waals surface area contributed by atoms with Gasteiger partial charge in [-0.2, -0.15) is 0 Å². The molecule has 0 aromatic rings. The van der Waals surface area contributed by atoms with Gasteiger partial charge in [0.2, 0.25) is 0 Å². The number of fused-ring (bicyclic) bond motifs is 7. The number of allylic oxidation sites excluding steroid dienone is 2. The second kappa shape index (κ2) is 7.10. The molecule has 0 heterocycles. The van der Waals surface area contributed by atoms with Crippen molar-refractivity contribution in [2.24, 2.45) is 50.2 Å². The molecule has 0 unspecified atom stereocenters. The largest absolute Gasteiger partial charge is 0.396 e. The summed E-state index contributed by atoms with van der Waals surface area (Å²) >= 11 is 0. The molecule has 4 saturated carbocycles. The molecule has 0 amide bonds. The number of hydrogen-bond donors (Lipinski definition) is 3. The van der Waals surface area contributed by atoms with Crippen LogP contribution in [0.2, 0.25) is 0 Å². The Morgan fingerprint density at radius 3 is 2.15 bits per heavy atom. The summed E-state index contributed by atoms with van der Waals surface area (Å²) in [7, 11) is 0. The van der Waals surface area contributed by atoms with Gasteiger partial charge >= 0.3 is 0 Å². The standard InChI is InChI=1S/C30H50O3/c1-25(2)16-20-19-8-9-22-27(4)12-11-23(32)28(5,18-31)21(27)10-13-30(22,7)29(19,6)15-14-26(20,3)24(33)17-25/h8,20-24,31-33H,9-18H2,1-7H3/t20-,21+,22+,23-,24+,26+,27-,28-,29+,30+/m0/s1. The lowest BCUT2D eigenvalue weighted by Gasteiger charge is -2.71. The van der Waals surface area contributed by atoms with Crippen LogP contribution in [-0.2, 0) is 0 Å². The van der Waals surface area contributed by atoms with Gasteiger partial charge in [-0.05, 0) is 97.2 Å². The van der Waals surface area contributed by atoms with Crippen LogP contribution in [0.15, 0.2) is 11.6 Å². The Bertz CT molecular complexity index is 847. The molecule has 0 aliphatic heterocycles. The first kappa shape index (κ1) is 24.3. The van der Waals surface area contributed by atoms with Crippen LogP contribution in [0.3, 0.4) is 0 Å². The molecule has 0 saturated heterocycles. The van der Waals surface area contributed by atoms with Crippen molar-refractivity contribution in [3.05, 3.63) is 11.6 Å². The normalized spacial score (nSPS) is 57.8. The van der Waals surface area contributed by atoms with E-state index in [0.717, 1.165) is 38.5 Å². The molecular formula is C30H50O3. The summed E-state index contributed by atoms with van der Waals surface area (Å²) in [6.45, 7) is 17.0. The maximum atomic E-state index is 11.3. The molecule has 3 nitrogen and oxygen atoms in total. The van der Waals surface area contributed by atoms with E-state index < -0.39 is 6.10 Å². The summed E-state index contributed by atoms with van der Waals surface area (Å²) in [6.07, 6.45) is 11.7. The second-order valence-corrected chi connectivity index (χ2v) is 15.2. The van der Waals surface area contributed by atoms with Crippen LogP contribution in [-0.4, -0.2) is 34.1 Å². The number of aliphatic hydroxyl groups is 3. The third-order valence-electron chi connectivity index (χ3n) is 13.2. The highest BCUT2D eigenvalue weighted by Gasteiger charge is 2.69. The van der Waals surface area contributed by atoms with E-state index >= 15 is 0 Å². The number of hydrogen-bond acceptors (Lipinski definition) is 3. The Labute approximate surface area is 202 Å². The number of aliphatic hydroxyl groups excluding tert-OH is 3. The monoisotopic (exact) mass is 458 g/mol. The van der Waals surface area contributed by atoms with Crippen molar-refractivity contribution in [2.45, 2.75) is 118 Å². The van der Waals surface area contributed by atoms with Crippen molar-refractivity contribution in [1.29, 1.82) is 0 Å². The Balaban J connectivity index is 1.58. The van der Waals surface area contributed by atoms with Crippen LogP contribution in [0.5, 0.6) is 0 Å². The van der Waals surface area contributed by atoms with Gasteiger partial charge in [0, 0.05) is 10.8 Å². The fraction of sp³-hybridized carbons (Fsp3) is 0.933. The van der Waals surface area contributed by atoms with Gasteiger partial charge < -0.3 is 15.3 Å². The molecule has 0 bridgehead atoms. The molecule has 5 rings (SSSR count). The van der Waals surface area contributed by atoms with Crippen molar-refractivity contribution in [2.75, 3.05) is 6.61 Å². The molecule has 0 radical (unpaired) electrons. The lowest BCUT2D eigenvalue weighted by Crippen LogP contribution is -2.66. The SMILES string of the molecule is CC1(C)C[C@@H](O)[C@]2(C)CC[C@]3(C)C(=CC[C@@H]4[C@@]5(C)CC[C@H](O)[C@@](C)(CO)[C@@H]5CC[C@]43C)[C@@H]2C1. The first-order chi connectivity index (χ1) is 15.2. The molecule has 0 aromatic carbocycles. The van der Waals surface area contributed by atoms with Crippen molar-refractivity contribution in [3.63, 3.8) is 0 Å². The molecule has 0 spiro atoms. The van der Waals surface area contributed by atoms with E-state index in [4.69, 9.17) is 0 Å². The Hall–Kier alpha value is -0.380. The summed E-state index contributed by atoms with van der Waals surface area (Å²) in [5.41, 5.74) is 2.04. The van der Waals surface area contributed by atoms with Crippen LogP contribution >= 0.6 is 0 Å². The highest BCUT2D eigenvalue weighted by atomic mass is 16.3. The van der Waals surface area contributed by atoms with Crippen LogP contribution in [0, 0.1) is 50.2 Å².